The highest BCUT2D eigenvalue weighted by molar-refractivity contribution is 6.13. The summed E-state index contributed by atoms with van der Waals surface area (Å²) >= 11 is 0. The Bertz CT molecular complexity index is 2330. The molecule has 13 nitrogen and oxygen atoms in total. The zero-order valence-corrected chi connectivity index (χ0v) is 30.3. The Balaban J connectivity index is 1.07. The molecule has 54 heavy (non-hydrogen) atoms. The van der Waals surface area contributed by atoms with Crippen molar-refractivity contribution in [3.63, 3.8) is 0 Å². The van der Waals surface area contributed by atoms with Crippen molar-refractivity contribution in [2.75, 3.05) is 38.0 Å². The number of carbonyl (C=O) groups is 1. The summed E-state index contributed by atoms with van der Waals surface area (Å²) in [6.07, 6.45) is 6.17. The zero-order valence-electron chi connectivity index (χ0n) is 30.3. The van der Waals surface area contributed by atoms with E-state index in [1.165, 1.54) is 0 Å². The van der Waals surface area contributed by atoms with E-state index in [4.69, 9.17) is 20.7 Å². The molecule has 2 saturated heterocycles. The number of anilines is 1. The van der Waals surface area contributed by atoms with Gasteiger partial charge in [0.2, 0.25) is 5.89 Å². The van der Waals surface area contributed by atoms with Crippen LogP contribution in [0.4, 0.5) is 5.69 Å². The van der Waals surface area contributed by atoms with Crippen LogP contribution >= 0.6 is 0 Å². The molecule has 3 atom stereocenters. The minimum Gasteiger partial charge on any atom is -0.481 e. The van der Waals surface area contributed by atoms with Crippen molar-refractivity contribution in [3.05, 3.63) is 93.4 Å². The third kappa shape index (κ3) is 6.37. The van der Waals surface area contributed by atoms with Crippen LogP contribution in [0.2, 0.25) is 0 Å². The molecule has 0 amide bonds. The number of aliphatic imine (C=N–C) groups is 1. The molecule has 0 unspecified atom stereocenters. The number of aromatic nitrogens is 1. The first-order valence-corrected chi connectivity index (χ1v) is 18.4. The lowest BCUT2D eigenvalue weighted by atomic mass is 9.93. The topological polar surface area (TPSA) is 200 Å². The summed E-state index contributed by atoms with van der Waals surface area (Å²) in [5.41, 5.74) is 13.3. The molecular formula is C41H43N9O4. The van der Waals surface area contributed by atoms with Gasteiger partial charge in [-0.15, -0.1) is 0 Å². The van der Waals surface area contributed by atoms with Crippen LogP contribution in [0, 0.1) is 36.5 Å². The fourth-order valence-corrected chi connectivity index (χ4v) is 8.54. The summed E-state index contributed by atoms with van der Waals surface area (Å²) < 4.78 is 6.41. The van der Waals surface area contributed by atoms with E-state index in [1.807, 2.05) is 44.2 Å². The number of carboxylic acids is 1. The van der Waals surface area contributed by atoms with Gasteiger partial charge in [-0.25, -0.2) is 10.8 Å². The molecule has 7 N–H and O–H groups in total. The van der Waals surface area contributed by atoms with E-state index in [1.54, 1.807) is 12.3 Å². The lowest BCUT2D eigenvalue weighted by Gasteiger charge is -2.24. The number of hydrogen-bond acceptors (Lipinski definition) is 12. The largest absolute Gasteiger partial charge is 0.481 e. The van der Waals surface area contributed by atoms with Crippen LogP contribution in [0.25, 0.3) is 33.7 Å². The molecule has 4 aromatic rings. The summed E-state index contributed by atoms with van der Waals surface area (Å²) in [7, 11) is 0. The number of carboxylic acid groups (broad SMARTS) is 1. The Kier molecular flexibility index (Phi) is 9.37. The van der Waals surface area contributed by atoms with Crippen LogP contribution in [0.1, 0.15) is 53.1 Å². The molecule has 0 radical (unpaired) electrons. The maximum Gasteiger partial charge on any atom is 0.307 e. The number of rotatable bonds is 9. The predicted molar refractivity (Wildman–Crippen MR) is 207 cm³/mol. The fourth-order valence-electron chi connectivity index (χ4n) is 8.54. The zero-order chi connectivity index (χ0) is 37.7. The lowest BCUT2D eigenvalue weighted by Crippen LogP contribution is -2.30. The molecule has 1 aromatic heterocycles. The Morgan fingerprint density at radius 1 is 1.09 bits per heavy atom. The minimum atomic E-state index is -0.755. The second kappa shape index (κ2) is 14.3. The van der Waals surface area contributed by atoms with Crippen molar-refractivity contribution < 1.29 is 19.4 Å². The van der Waals surface area contributed by atoms with Gasteiger partial charge in [0.25, 0.3) is 0 Å². The van der Waals surface area contributed by atoms with Crippen LogP contribution in [0.5, 0.6) is 0 Å². The van der Waals surface area contributed by atoms with Crippen molar-refractivity contribution in [2.24, 2.45) is 16.8 Å². The normalized spacial score (nSPS) is 22.4. The highest BCUT2D eigenvalue weighted by Crippen LogP contribution is 2.44. The molecule has 1 aliphatic carbocycles. The number of nitrogens with one attached hydrogen (secondary N) is 3. The number of nitrogens with two attached hydrogens (primary N) is 1. The third-order valence-electron chi connectivity index (χ3n) is 11.4. The predicted octanol–water partition coefficient (Wildman–Crippen LogP) is 5.19. The van der Waals surface area contributed by atoms with Crippen molar-refractivity contribution in [1.82, 2.24) is 20.2 Å². The number of hydrogen-bond donors (Lipinski definition) is 6. The van der Waals surface area contributed by atoms with E-state index in [9.17, 15) is 20.3 Å². The lowest BCUT2D eigenvalue weighted by molar-refractivity contribution is -0.141. The van der Waals surface area contributed by atoms with Gasteiger partial charge in [0.15, 0.2) is 5.58 Å². The van der Waals surface area contributed by atoms with Gasteiger partial charge in [-0.05, 0) is 109 Å². The van der Waals surface area contributed by atoms with Gasteiger partial charge in [0, 0.05) is 49.7 Å². The van der Waals surface area contributed by atoms with E-state index in [0.29, 0.717) is 60.1 Å². The molecule has 0 spiro atoms. The molecule has 13 heteroatoms. The van der Waals surface area contributed by atoms with E-state index < -0.39 is 5.97 Å². The SMILES string of the molecule is Cc1c(N/C(NN)=C2\N=CC(CN3CC[C@@H](O)C3)=CC2=N)cccc1-c1cccc(-c2nc3cc4c(c(C#N)c3o2)CC[C@H]4N2CC[C@@H](C(=O)O)C2)c1C. The van der Waals surface area contributed by atoms with Crippen molar-refractivity contribution >= 4 is 34.7 Å². The molecule has 2 fully saturated rings. The number of oxazole rings is 1. The molecule has 3 aliphatic heterocycles. The molecule has 276 valence electrons. The first kappa shape index (κ1) is 35.4. The Morgan fingerprint density at radius 2 is 1.87 bits per heavy atom. The fraction of sp³-hybridized carbons (Fsp3) is 0.341. The standard InChI is InChI=1S/C41H43N9O4/c1-22-27(28-6-4-8-34(23(28)2)46-39(48-44)37-33(43)15-24(18-45-37)19-49-13-12-26(51)21-49)5-3-7-29(22)40-47-35-16-31-30(32(17-42)38(35)54-40)9-10-36(31)50-14-11-25(20-50)41(52)53/h3-8,15-16,18,25-26,36,43,46,48,51H,9-14,19-21,44H2,1-2H3,(H,52,53)/b39-37+,43-33?/t25-,26-,36-/m1/s1. The number of nitriles is 1. The molecule has 8 rings (SSSR count). The van der Waals surface area contributed by atoms with E-state index in [-0.39, 0.29) is 23.8 Å². The maximum atomic E-state index is 11.7. The second-order valence-electron chi connectivity index (χ2n) is 14.7. The first-order valence-electron chi connectivity index (χ1n) is 18.4. The number of aliphatic hydroxyl groups excluding tert-OH is 1. The summed E-state index contributed by atoms with van der Waals surface area (Å²) in [4.78, 5) is 25.6. The summed E-state index contributed by atoms with van der Waals surface area (Å²) in [5.74, 6) is 5.69. The van der Waals surface area contributed by atoms with E-state index >= 15 is 0 Å². The molecule has 3 aromatic carbocycles. The van der Waals surface area contributed by atoms with Crippen LogP contribution in [0.15, 0.2) is 75.0 Å². The summed E-state index contributed by atoms with van der Waals surface area (Å²) in [6, 6.07) is 16.5. The Morgan fingerprint density at radius 3 is 2.57 bits per heavy atom. The molecular weight excluding hydrogens is 683 g/mol. The summed E-state index contributed by atoms with van der Waals surface area (Å²) in [6.45, 7) is 7.34. The van der Waals surface area contributed by atoms with E-state index in [2.05, 4.69) is 43.7 Å². The molecule has 4 aliphatic rings. The number of aliphatic carboxylic acids is 1. The number of dihydropyridines is 1. The van der Waals surface area contributed by atoms with Crippen LogP contribution in [-0.4, -0.2) is 81.7 Å². The monoisotopic (exact) mass is 725 g/mol. The number of likely N-dealkylation sites (tertiary alicyclic amines) is 2. The van der Waals surface area contributed by atoms with Gasteiger partial charge in [-0.3, -0.25) is 25.0 Å². The Labute approximate surface area is 313 Å². The van der Waals surface area contributed by atoms with Gasteiger partial charge < -0.3 is 25.4 Å². The van der Waals surface area contributed by atoms with Gasteiger partial charge in [0.1, 0.15) is 28.7 Å². The number of allylic oxidation sites excluding steroid dienone is 1. The number of aliphatic hydroxyl groups is 1. The average Bonchev–Trinajstić information content (AvgIpc) is 3.98. The van der Waals surface area contributed by atoms with Gasteiger partial charge >= 0.3 is 5.97 Å². The number of fused-ring (bicyclic) bond motifs is 2. The third-order valence-corrected chi connectivity index (χ3v) is 11.4. The smallest absolute Gasteiger partial charge is 0.307 e. The van der Waals surface area contributed by atoms with Gasteiger partial charge in [0.05, 0.1) is 17.7 Å². The van der Waals surface area contributed by atoms with Crippen LogP contribution in [0.3, 0.4) is 0 Å². The molecule has 0 bridgehead atoms. The number of β-amino-alcohol motifs (C(OH)–C–C–N with tert-alkyl or cyclic N) is 1. The molecule has 4 heterocycles. The van der Waals surface area contributed by atoms with Gasteiger partial charge in [-0.1, -0.05) is 24.3 Å². The number of hydrazine groups is 1. The average molecular weight is 726 g/mol. The minimum absolute atomic E-state index is 0.0561. The van der Waals surface area contributed by atoms with Crippen molar-refractivity contribution in [1.29, 1.82) is 10.7 Å². The summed E-state index contributed by atoms with van der Waals surface area (Å²) in [5, 5.41) is 41.9. The Hall–Kier alpha value is -5.65. The quantitative estimate of drug-likeness (QED) is 0.0981. The van der Waals surface area contributed by atoms with Crippen LogP contribution < -0.4 is 16.6 Å². The molecule has 0 saturated carbocycles. The van der Waals surface area contributed by atoms with Gasteiger partial charge in [-0.2, -0.15) is 5.26 Å². The van der Waals surface area contributed by atoms with E-state index in [0.717, 1.165) is 82.6 Å². The first-order chi connectivity index (χ1) is 26.1. The number of benzene rings is 3. The number of nitrogens with zero attached hydrogens (tertiary/aromatic N) is 5. The maximum absolute atomic E-state index is 11.7. The van der Waals surface area contributed by atoms with Crippen molar-refractivity contribution in [3.8, 4) is 28.7 Å². The highest BCUT2D eigenvalue weighted by Gasteiger charge is 2.37. The van der Waals surface area contributed by atoms with Crippen molar-refractivity contribution in [2.45, 2.75) is 51.7 Å². The highest BCUT2D eigenvalue weighted by atomic mass is 16.4. The second-order valence-corrected chi connectivity index (χ2v) is 14.7. The van der Waals surface area contributed by atoms with Crippen LogP contribution in [-0.2, 0) is 11.2 Å².